The summed E-state index contributed by atoms with van der Waals surface area (Å²) >= 11 is -2.86. The van der Waals surface area contributed by atoms with E-state index in [9.17, 15) is 9.59 Å². The Bertz CT molecular complexity index is 479. The van der Waals surface area contributed by atoms with Crippen LogP contribution in [0, 0.1) is 6.08 Å². The van der Waals surface area contributed by atoms with Gasteiger partial charge in [0.05, 0.1) is 11.4 Å². The van der Waals surface area contributed by atoms with Crippen molar-refractivity contribution in [2.24, 2.45) is 0 Å². The largest absolute Gasteiger partial charge is 1.00 e. The monoisotopic (exact) mass is 277 g/mol. The number of allylic oxidation sites excluding steroid dienone is 1. The Hall–Kier alpha value is 0.00636. The molecule has 0 heterocycles. The van der Waals surface area contributed by atoms with E-state index in [4.69, 9.17) is 13.3 Å². The molecule has 1 atom stereocenters. The normalized spacial score (nSPS) is 14.0. The van der Waals surface area contributed by atoms with Crippen LogP contribution in [-0.4, -0.2) is 24.9 Å². The molecule has 7 heteroatoms. The molecular weight excluding hydrogens is 271 g/mol. The SMILES string of the molecule is O=C1C=[C-]c2ccccc2C1=O.O=S([O-])O.[K+]. The van der Waals surface area contributed by atoms with E-state index in [2.05, 4.69) is 6.08 Å². The molecule has 0 amide bonds. The molecule has 1 aliphatic rings. The van der Waals surface area contributed by atoms with Crippen LogP contribution in [0.25, 0.3) is 0 Å². The zero-order valence-electron chi connectivity index (χ0n) is 8.88. The smallest absolute Gasteiger partial charge is 0.750 e. The number of hydrogen-bond acceptors (Lipinski definition) is 4. The Morgan fingerprint density at radius 1 is 1.24 bits per heavy atom. The molecule has 1 unspecified atom stereocenters. The van der Waals surface area contributed by atoms with Crippen LogP contribution in [0.1, 0.15) is 15.9 Å². The summed E-state index contributed by atoms with van der Waals surface area (Å²) in [5, 5.41) is 0. The molecule has 1 N–H and O–H groups in total. The molecule has 0 aliphatic heterocycles. The fourth-order valence-electron chi connectivity index (χ4n) is 1.15. The van der Waals surface area contributed by atoms with Crippen molar-refractivity contribution in [3.05, 3.63) is 47.5 Å². The van der Waals surface area contributed by atoms with Crippen molar-refractivity contribution in [2.75, 3.05) is 0 Å². The summed E-state index contributed by atoms with van der Waals surface area (Å²) in [6.45, 7) is 0. The second-order valence-corrected chi connectivity index (χ2v) is 3.18. The van der Waals surface area contributed by atoms with E-state index >= 15 is 0 Å². The van der Waals surface area contributed by atoms with Gasteiger partial charge in [0.2, 0.25) is 0 Å². The van der Waals surface area contributed by atoms with Gasteiger partial charge in [-0.15, -0.1) is 23.8 Å². The molecule has 0 saturated heterocycles. The maximum absolute atomic E-state index is 11.2. The summed E-state index contributed by atoms with van der Waals surface area (Å²) in [5.74, 6) is -0.932. The van der Waals surface area contributed by atoms with Gasteiger partial charge in [0, 0.05) is 0 Å². The summed E-state index contributed by atoms with van der Waals surface area (Å²) < 4.78 is 24.1. The summed E-state index contributed by atoms with van der Waals surface area (Å²) in [7, 11) is 0. The Balaban J connectivity index is 0.000000453. The van der Waals surface area contributed by atoms with E-state index in [-0.39, 0.29) is 51.4 Å². The summed E-state index contributed by atoms with van der Waals surface area (Å²) in [6, 6.07) is 6.94. The minimum Gasteiger partial charge on any atom is -0.750 e. The number of hydrogen-bond donors (Lipinski definition) is 1. The quantitative estimate of drug-likeness (QED) is 0.245. The first-order valence-electron chi connectivity index (χ1n) is 4.08. The van der Waals surface area contributed by atoms with Crippen molar-refractivity contribution in [2.45, 2.75) is 0 Å². The number of ketones is 2. The van der Waals surface area contributed by atoms with Crippen LogP contribution in [-0.2, 0) is 16.2 Å². The van der Waals surface area contributed by atoms with Crippen molar-refractivity contribution in [3.8, 4) is 0 Å². The Kier molecular flexibility index (Phi) is 8.17. The third kappa shape index (κ3) is 5.45. The van der Waals surface area contributed by atoms with E-state index in [1.807, 2.05) is 6.07 Å². The Labute approximate surface area is 143 Å². The summed E-state index contributed by atoms with van der Waals surface area (Å²) in [5.41, 5.74) is 1.15. The molecule has 0 aromatic heterocycles. The fourth-order valence-corrected chi connectivity index (χ4v) is 1.15. The predicted molar refractivity (Wildman–Crippen MR) is 54.2 cm³/mol. The topological polar surface area (TPSA) is 94.5 Å². The number of benzene rings is 1. The Morgan fingerprint density at radius 2 is 1.76 bits per heavy atom. The van der Waals surface area contributed by atoms with Crippen LogP contribution in [0.15, 0.2) is 30.3 Å². The number of fused-ring (bicyclic) bond motifs is 1. The van der Waals surface area contributed by atoms with Crippen LogP contribution in [0.2, 0.25) is 0 Å². The van der Waals surface area contributed by atoms with E-state index in [1.165, 1.54) is 6.08 Å². The van der Waals surface area contributed by atoms with Gasteiger partial charge in [-0.3, -0.25) is 0 Å². The summed E-state index contributed by atoms with van der Waals surface area (Å²) in [6.07, 6.45) is 3.93. The molecule has 1 aromatic rings. The average molecular weight is 277 g/mol. The predicted octanol–water partition coefficient (Wildman–Crippen LogP) is -2.50. The molecule has 0 radical (unpaired) electrons. The van der Waals surface area contributed by atoms with E-state index in [0.29, 0.717) is 11.1 Å². The third-order valence-electron chi connectivity index (χ3n) is 1.75. The van der Waals surface area contributed by atoms with E-state index in [1.54, 1.807) is 18.2 Å². The van der Waals surface area contributed by atoms with Crippen molar-refractivity contribution in [3.63, 3.8) is 0 Å². The number of carbonyl (C=O) groups is 2. The average Bonchev–Trinajstić information content (AvgIpc) is 2.23. The van der Waals surface area contributed by atoms with Crippen molar-refractivity contribution in [1.82, 2.24) is 0 Å². The molecule has 1 aromatic carbocycles. The van der Waals surface area contributed by atoms with Crippen molar-refractivity contribution < 1.29 is 74.3 Å². The van der Waals surface area contributed by atoms with Gasteiger partial charge in [-0.05, 0) is 0 Å². The molecule has 0 spiro atoms. The minimum atomic E-state index is -2.86. The molecule has 17 heavy (non-hydrogen) atoms. The molecule has 0 fully saturated rings. The maximum atomic E-state index is 11.2. The first kappa shape index (κ1) is 17.0. The number of rotatable bonds is 0. The van der Waals surface area contributed by atoms with Crippen molar-refractivity contribution >= 4 is 22.9 Å². The molecule has 1 aliphatic carbocycles. The van der Waals surface area contributed by atoms with E-state index in [0.717, 1.165) is 0 Å². The van der Waals surface area contributed by atoms with Gasteiger partial charge in [0.25, 0.3) is 0 Å². The van der Waals surface area contributed by atoms with Gasteiger partial charge >= 0.3 is 51.4 Å². The molecule has 84 valence electrons. The van der Waals surface area contributed by atoms with Gasteiger partial charge in [-0.25, -0.2) is 4.21 Å². The first-order chi connectivity index (χ1) is 7.52. The van der Waals surface area contributed by atoms with Gasteiger partial charge < -0.3 is 18.7 Å². The second-order valence-electron chi connectivity index (χ2n) is 2.74. The van der Waals surface area contributed by atoms with Gasteiger partial charge in [0.15, 0.2) is 5.78 Å². The minimum absolute atomic E-state index is 0. The standard InChI is InChI=1S/C10H5O2.K.H2O3S/c11-9-6-5-7-3-1-2-4-8(7)10(9)12;;1-4(2)3/h1-4,6H;;(H2,1,2,3)/q-1;+1;/p-1. The number of carbonyl (C=O) groups excluding carboxylic acids is 2. The van der Waals surface area contributed by atoms with Crippen LogP contribution in [0.4, 0.5) is 0 Å². The van der Waals surface area contributed by atoms with Gasteiger partial charge in [0.1, 0.15) is 5.78 Å². The second kappa shape index (κ2) is 8.17. The van der Waals surface area contributed by atoms with E-state index < -0.39 is 22.9 Å². The third-order valence-corrected chi connectivity index (χ3v) is 1.75. The Morgan fingerprint density at radius 3 is 2.35 bits per heavy atom. The van der Waals surface area contributed by atoms with Crippen molar-refractivity contribution in [1.29, 1.82) is 0 Å². The molecule has 5 nitrogen and oxygen atoms in total. The fraction of sp³-hybridized carbons (Fsp3) is 0. The zero-order chi connectivity index (χ0) is 12.1. The molecule has 2 rings (SSSR count). The molecule has 0 saturated carbocycles. The van der Waals surface area contributed by atoms with Crippen LogP contribution >= 0.6 is 0 Å². The zero-order valence-corrected chi connectivity index (χ0v) is 12.8. The molecular formula is C10H6KO5S-. The first-order valence-corrected chi connectivity index (χ1v) is 5.11. The molecule has 0 bridgehead atoms. The number of Topliss-reactive ketones (excluding diaryl/α,β-unsaturated/α-hetero) is 1. The van der Waals surface area contributed by atoms with Crippen LogP contribution in [0.5, 0.6) is 0 Å². The van der Waals surface area contributed by atoms with Crippen LogP contribution < -0.4 is 51.4 Å². The maximum Gasteiger partial charge on any atom is 1.00 e. The summed E-state index contributed by atoms with van der Waals surface area (Å²) in [4.78, 5) is 22.1. The van der Waals surface area contributed by atoms with Crippen LogP contribution in [0.3, 0.4) is 0 Å². The van der Waals surface area contributed by atoms with Gasteiger partial charge in [-0.2, -0.15) is 0 Å². The van der Waals surface area contributed by atoms with Gasteiger partial charge in [-0.1, -0.05) is 23.8 Å².